The molecule has 1 atom stereocenters. The van der Waals surface area contributed by atoms with E-state index in [9.17, 15) is 9.59 Å². The molecule has 1 aromatic carbocycles. The van der Waals surface area contributed by atoms with Gasteiger partial charge in [0.2, 0.25) is 0 Å². The highest BCUT2D eigenvalue weighted by atomic mass is 35.5. The topological polar surface area (TPSA) is 58.6 Å². The Morgan fingerprint density at radius 3 is 2.82 bits per heavy atom. The smallest absolute Gasteiger partial charge is 0.336 e. The first-order valence-electron chi connectivity index (χ1n) is 6.85. The molecule has 2 aliphatic rings. The molecule has 1 aromatic rings. The first-order chi connectivity index (χ1) is 10.4. The third-order valence-corrected chi connectivity index (χ3v) is 4.27. The minimum atomic E-state index is -0.499. The number of rotatable bonds is 1. The van der Waals surface area contributed by atoms with E-state index >= 15 is 0 Å². The molecular weight excluding hydrogens is 304 g/mol. The molecule has 2 aliphatic heterocycles. The van der Waals surface area contributed by atoms with Crippen LogP contribution >= 0.6 is 11.6 Å². The van der Waals surface area contributed by atoms with Crippen LogP contribution < -0.4 is 10.2 Å². The van der Waals surface area contributed by atoms with E-state index in [1.807, 2.05) is 20.0 Å². The molecule has 1 unspecified atom stereocenters. The maximum absolute atomic E-state index is 12.5. The molecule has 0 spiro atoms. The number of hydrogen-bond acceptors (Lipinski definition) is 4. The van der Waals surface area contributed by atoms with Crippen LogP contribution in [0.1, 0.15) is 13.8 Å². The molecule has 0 fully saturated rings. The van der Waals surface area contributed by atoms with Crippen molar-refractivity contribution in [2.75, 3.05) is 17.3 Å². The number of amides is 1. The second kappa shape index (κ2) is 5.18. The van der Waals surface area contributed by atoms with Crippen molar-refractivity contribution >= 4 is 34.9 Å². The van der Waals surface area contributed by atoms with Gasteiger partial charge in [0.25, 0.3) is 5.91 Å². The second-order valence-electron chi connectivity index (χ2n) is 5.33. The second-order valence-corrected chi connectivity index (χ2v) is 5.77. The molecule has 5 nitrogen and oxygen atoms in total. The molecule has 0 bridgehead atoms. The number of esters is 1. The predicted octanol–water partition coefficient (Wildman–Crippen LogP) is 3.08. The summed E-state index contributed by atoms with van der Waals surface area (Å²) in [5, 5.41) is 3.35. The van der Waals surface area contributed by atoms with E-state index in [4.69, 9.17) is 16.3 Å². The average Bonchev–Trinajstić information content (AvgIpc) is 2.49. The summed E-state index contributed by atoms with van der Waals surface area (Å²) >= 11 is 6.07. The monoisotopic (exact) mass is 318 g/mol. The number of allylic oxidation sites excluding steroid dienone is 1. The fraction of sp³-hybridized carbons (Fsp3) is 0.250. The lowest BCUT2D eigenvalue weighted by Gasteiger charge is -2.37. The van der Waals surface area contributed by atoms with Crippen LogP contribution in [0.25, 0.3) is 0 Å². The number of fused-ring (bicyclic) bond motifs is 3. The minimum Gasteiger partial charge on any atom is -0.466 e. The van der Waals surface area contributed by atoms with E-state index in [0.29, 0.717) is 22.0 Å². The summed E-state index contributed by atoms with van der Waals surface area (Å²) in [5.41, 5.74) is 2.99. The number of methoxy groups -OCH3 is 1. The van der Waals surface area contributed by atoms with Crippen LogP contribution in [-0.4, -0.2) is 19.0 Å². The maximum atomic E-state index is 12.5. The fourth-order valence-electron chi connectivity index (χ4n) is 2.74. The number of anilines is 2. The van der Waals surface area contributed by atoms with Crippen molar-refractivity contribution in [1.82, 2.24) is 0 Å². The van der Waals surface area contributed by atoms with Gasteiger partial charge in [0.15, 0.2) is 0 Å². The van der Waals surface area contributed by atoms with Gasteiger partial charge >= 0.3 is 5.97 Å². The highest BCUT2D eigenvalue weighted by molar-refractivity contribution is 6.31. The van der Waals surface area contributed by atoms with Gasteiger partial charge in [0, 0.05) is 17.1 Å². The number of nitrogens with one attached hydrogen (secondary N) is 1. The van der Waals surface area contributed by atoms with Crippen molar-refractivity contribution in [3.8, 4) is 0 Å². The lowest BCUT2D eigenvalue weighted by molar-refractivity contribution is -0.137. The quantitative estimate of drug-likeness (QED) is 0.808. The third kappa shape index (κ3) is 2.09. The highest BCUT2D eigenvalue weighted by Crippen LogP contribution is 2.42. The van der Waals surface area contributed by atoms with Crippen LogP contribution in [0.5, 0.6) is 0 Å². The Kier molecular flexibility index (Phi) is 3.45. The first-order valence-corrected chi connectivity index (χ1v) is 7.22. The zero-order valence-electron chi connectivity index (χ0n) is 12.4. The SMILES string of the molecule is COC(=O)C1=C2C(=O)Nc3ccc(Cl)cc3N2C=C(C)C1C. The van der Waals surface area contributed by atoms with Gasteiger partial charge in [-0.1, -0.05) is 18.5 Å². The third-order valence-electron chi connectivity index (χ3n) is 4.03. The standard InChI is InChI=1S/C16H15ClN2O3/c1-8-7-19-12-6-10(17)4-5-11(12)18-15(20)14(19)13(9(8)2)16(21)22-3/h4-7,9H,1-3H3,(H,18,20). The molecule has 0 aliphatic carbocycles. The highest BCUT2D eigenvalue weighted by Gasteiger charge is 2.38. The molecule has 3 rings (SSSR count). The van der Waals surface area contributed by atoms with Gasteiger partial charge in [-0.25, -0.2) is 4.79 Å². The largest absolute Gasteiger partial charge is 0.466 e. The summed E-state index contributed by atoms with van der Waals surface area (Å²) < 4.78 is 4.86. The Labute approximate surface area is 133 Å². The molecular formula is C16H15ClN2O3. The van der Waals surface area contributed by atoms with Gasteiger partial charge in [-0.15, -0.1) is 0 Å². The number of carbonyl (C=O) groups is 2. The molecule has 0 saturated heterocycles. The molecule has 6 heteroatoms. The molecule has 22 heavy (non-hydrogen) atoms. The van der Waals surface area contributed by atoms with Crippen molar-refractivity contribution in [3.05, 3.63) is 46.3 Å². The summed E-state index contributed by atoms with van der Waals surface area (Å²) in [4.78, 5) is 26.4. The Balaban J connectivity index is 2.26. The molecule has 0 radical (unpaired) electrons. The van der Waals surface area contributed by atoms with E-state index < -0.39 is 5.97 Å². The van der Waals surface area contributed by atoms with E-state index in [0.717, 1.165) is 11.3 Å². The van der Waals surface area contributed by atoms with Gasteiger partial charge in [0.1, 0.15) is 5.70 Å². The molecule has 114 valence electrons. The summed E-state index contributed by atoms with van der Waals surface area (Å²) in [7, 11) is 1.31. The number of nitrogens with zero attached hydrogens (tertiary/aromatic N) is 1. The lowest BCUT2D eigenvalue weighted by atomic mass is 9.88. The fourth-order valence-corrected chi connectivity index (χ4v) is 2.91. The summed E-state index contributed by atoms with van der Waals surface area (Å²) in [5.74, 6) is -1.02. The van der Waals surface area contributed by atoms with E-state index in [2.05, 4.69) is 5.32 Å². The first kappa shape index (κ1) is 14.7. The Hall–Kier alpha value is -2.27. The van der Waals surface area contributed by atoms with E-state index in [-0.39, 0.29) is 11.8 Å². The summed E-state index contributed by atoms with van der Waals surface area (Å²) in [6, 6.07) is 5.20. The zero-order chi connectivity index (χ0) is 16.0. The van der Waals surface area contributed by atoms with Crippen LogP contribution in [0, 0.1) is 5.92 Å². The van der Waals surface area contributed by atoms with Crippen molar-refractivity contribution in [2.45, 2.75) is 13.8 Å². The van der Waals surface area contributed by atoms with E-state index in [1.54, 1.807) is 23.1 Å². The lowest BCUT2D eigenvalue weighted by Crippen LogP contribution is -2.39. The van der Waals surface area contributed by atoms with Crippen molar-refractivity contribution in [2.24, 2.45) is 5.92 Å². The summed E-state index contributed by atoms with van der Waals surface area (Å²) in [6.45, 7) is 3.80. The van der Waals surface area contributed by atoms with Gasteiger partial charge in [-0.05, 0) is 30.7 Å². The Morgan fingerprint density at radius 1 is 1.41 bits per heavy atom. The number of halogens is 1. The maximum Gasteiger partial charge on any atom is 0.336 e. The Morgan fingerprint density at radius 2 is 2.14 bits per heavy atom. The van der Waals surface area contributed by atoms with Crippen LogP contribution in [0.15, 0.2) is 41.2 Å². The van der Waals surface area contributed by atoms with Crippen molar-refractivity contribution < 1.29 is 14.3 Å². The molecule has 1 amide bonds. The minimum absolute atomic E-state index is 0.190. The van der Waals surface area contributed by atoms with Gasteiger partial charge in [0.05, 0.1) is 24.1 Å². The predicted molar refractivity (Wildman–Crippen MR) is 84.5 cm³/mol. The van der Waals surface area contributed by atoms with Crippen LogP contribution in [0.2, 0.25) is 5.02 Å². The van der Waals surface area contributed by atoms with Crippen LogP contribution in [0.4, 0.5) is 11.4 Å². The molecule has 1 N–H and O–H groups in total. The van der Waals surface area contributed by atoms with Crippen molar-refractivity contribution in [1.29, 1.82) is 0 Å². The molecule has 2 heterocycles. The number of hydrogen-bond donors (Lipinski definition) is 1. The van der Waals surface area contributed by atoms with Gasteiger partial charge < -0.3 is 15.0 Å². The molecule has 0 saturated carbocycles. The van der Waals surface area contributed by atoms with E-state index in [1.165, 1.54) is 7.11 Å². The van der Waals surface area contributed by atoms with Crippen molar-refractivity contribution in [3.63, 3.8) is 0 Å². The van der Waals surface area contributed by atoms with Gasteiger partial charge in [-0.2, -0.15) is 0 Å². The number of benzene rings is 1. The average molecular weight is 319 g/mol. The molecule has 0 aromatic heterocycles. The van der Waals surface area contributed by atoms with Gasteiger partial charge in [-0.3, -0.25) is 4.79 Å². The number of carbonyl (C=O) groups excluding carboxylic acids is 2. The normalized spacial score (nSPS) is 20.0. The van der Waals surface area contributed by atoms with Crippen LogP contribution in [0.3, 0.4) is 0 Å². The van der Waals surface area contributed by atoms with Crippen LogP contribution in [-0.2, 0) is 14.3 Å². The Bertz CT molecular complexity index is 752. The zero-order valence-corrected chi connectivity index (χ0v) is 13.2. The summed E-state index contributed by atoms with van der Waals surface area (Å²) in [6.07, 6.45) is 1.86. The number of ether oxygens (including phenoxy) is 1.